The summed E-state index contributed by atoms with van der Waals surface area (Å²) in [6.45, 7) is 3.29. The van der Waals surface area contributed by atoms with Gasteiger partial charge in [0.1, 0.15) is 18.1 Å². The number of ether oxygens (including phenoxy) is 2. The average Bonchev–Trinajstić information content (AvgIpc) is 3.22. The first-order chi connectivity index (χ1) is 12.8. The van der Waals surface area contributed by atoms with Crippen LogP contribution >= 0.6 is 22.9 Å². The third-order valence-electron chi connectivity index (χ3n) is 4.15. The van der Waals surface area contributed by atoms with Crippen LogP contribution in [0.1, 0.15) is 24.5 Å². The number of hydrogen-bond donors (Lipinski definition) is 0. The molecular weight excluding hydrogens is 364 g/mol. The van der Waals surface area contributed by atoms with Crippen molar-refractivity contribution in [2.75, 3.05) is 12.5 Å². The van der Waals surface area contributed by atoms with Gasteiger partial charge in [-0.3, -0.25) is 0 Å². The van der Waals surface area contributed by atoms with Crippen molar-refractivity contribution in [2.45, 2.75) is 26.4 Å². The van der Waals surface area contributed by atoms with Gasteiger partial charge in [0.25, 0.3) is 0 Å². The summed E-state index contributed by atoms with van der Waals surface area (Å²) in [5.41, 5.74) is 4.63. The Bertz CT molecular complexity index is 801. The second-order valence-electron chi connectivity index (χ2n) is 5.99. The van der Waals surface area contributed by atoms with Crippen molar-refractivity contribution in [3.05, 3.63) is 70.4 Å². The minimum Gasteiger partial charge on any atom is -0.493 e. The van der Waals surface area contributed by atoms with E-state index in [0.29, 0.717) is 19.1 Å². The maximum atomic E-state index is 6.19. The maximum absolute atomic E-state index is 6.19. The zero-order valence-electron chi connectivity index (χ0n) is 14.9. The molecule has 136 valence electrons. The summed E-state index contributed by atoms with van der Waals surface area (Å²) in [6.07, 6.45) is 1.74. The molecule has 0 saturated carbocycles. The van der Waals surface area contributed by atoms with Gasteiger partial charge in [-0.05, 0) is 52.4 Å². The van der Waals surface area contributed by atoms with E-state index in [1.807, 2.05) is 24.3 Å². The van der Waals surface area contributed by atoms with E-state index in [1.54, 1.807) is 11.3 Å². The average molecular weight is 387 g/mol. The van der Waals surface area contributed by atoms with Crippen LogP contribution < -0.4 is 9.47 Å². The van der Waals surface area contributed by atoms with E-state index in [4.69, 9.17) is 21.1 Å². The van der Waals surface area contributed by atoms with Crippen LogP contribution in [0, 0.1) is 0 Å². The lowest BCUT2D eigenvalue weighted by atomic mass is 10.0. The topological polar surface area (TPSA) is 18.5 Å². The third-order valence-corrected chi connectivity index (χ3v) is 5.10. The standard InChI is InChI=1S/C22H23ClO2S/c1-2-18-13-20(19-9-12-26-16-19)22(14-21(18)24-11-6-10-23)25-15-17-7-4-3-5-8-17/h3-5,7-9,12-14,16H,2,6,10-11,15H2,1H3. The molecule has 3 rings (SSSR count). The first-order valence-corrected chi connectivity index (χ1v) is 10.3. The summed E-state index contributed by atoms with van der Waals surface area (Å²) < 4.78 is 12.2. The van der Waals surface area contributed by atoms with Crippen molar-refractivity contribution < 1.29 is 9.47 Å². The van der Waals surface area contributed by atoms with Gasteiger partial charge in [0.2, 0.25) is 0 Å². The zero-order chi connectivity index (χ0) is 18.2. The molecule has 0 atom stereocenters. The van der Waals surface area contributed by atoms with Crippen molar-refractivity contribution in [1.82, 2.24) is 0 Å². The first-order valence-electron chi connectivity index (χ1n) is 8.86. The van der Waals surface area contributed by atoms with Crippen LogP contribution in [0.3, 0.4) is 0 Å². The van der Waals surface area contributed by atoms with Crippen LogP contribution in [0.5, 0.6) is 11.5 Å². The number of thiophene rings is 1. The fourth-order valence-corrected chi connectivity index (χ4v) is 3.52. The molecule has 0 aliphatic heterocycles. The molecular formula is C22H23ClO2S. The van der Waals surface area contributed by atoms with E-state index in [0.717, 1.165) is 35.5 Å². The highest BCUT2D eigenvalue weighted by Gasteiger charge is 2.14. The van der Waals surface area contributed by atoms with E-state index in [1.165, 1.54) is 11.1 Å². The Balaban J connectivity index is 1.91. The predicted octanol–water partition coefficient (Wildman–Crippen LogP) is 6.56. The zero-order valence-corrected chi connectivity index (χ0v) is 16.5. The Morgan fingerprint density at radius 3 is 2.54 bits per heavy atom. The Hall–Kier alpha value is -1.97. The SMILES string of the molecule is CCc1cc(-c2ccsc2)c(OCc2ccccc2)cc1OCCCCl. The number of rotatable bonds is 9. The molecule has 0 aliphatic carbocycles. The number of alkyl halides is 1. The van der Waals surface area contributed by atoms with Gasteiger partial charge in [0.05, 0.1) is 6.61 Å². The van der Waals surface area contributed by atoms with E-state index in [-0.39, 0.29) is 0 Å². The van der Waals surface area contributed by atoms with Gasteiger partial charge in [0.15, 0.2) is 0 Å². The quantitative estimate of drug-likeness (QED) is 0.306. The molecule has 0 N–H and O–H groups in total. The molecule has 4 heteroatoms. The van der Waals surface area contributed by atoms with Crippen LogP contribution in [0.25, 0.3) is 11.1 Å². The van der Waals surface area contributed by atoms with Crippen LogP contribution in [0.15, 0.2) is 59.3 Å². The van der Waals surface area contributed by atoms with Gasteiger partial charge >= 0.3 is 0 Å². The van der Waals surface area contributed by atoms with E-state index >= 15 is 0 Å². The molecule has 0 spiro atoms. The normalized spacial score (nSPS) is 10.7. The van der Waals surface area contributed by atoms with Crippen molar-refractivity contribution >= 4 is 22.9 Å². The fourth-order valence-electron chi connectivity index (χ4n) is 2.75. The lowest BCUT2D eigenvalue weighted by molar-refractivity contribution is 0.294. The first kappa shape index (κ1) is 18.8. The summed E-state index contributed by atoms with van der Waals surface area (Å²) in [4.78, 5) is 0. The van der Waals surface area contributed by atoms with Crippen LogP contribution in [-0.2, 0) is 13.0 Å². The van der Waals surface area contributed by atoms with Crippen molar-refractivity contribution in [1.29, 1.82) is 0 Å². The molecule has 26 heavy (non-hydrogen) atoms. The van der Waals surface area contributed by atoms with Gasteiger partial charge in [0, 0.05) is 17.5 Å². The summed E-state index contributed by atoms with van der Waals surface area (Å²) >= 11 is 7.47. The molecule has 1 heterocycles. The summed E-state index contributed by atoms with van der Waals surface area (Å²) in [5.74, 6) is 2.34. The maximum Gasteiger partial charge on any atom is 0.131 e. The number of aryl methyl sites for hydroxylation is 1. The predicted molar refractivity (Wildman–Crippen MR) is 111 cm³/mol. The van der Waals surface area contributed by atoms with Crippen LogP contribution in [0.4, 0.5) is 0 Å². The van der Waals surface area contributed by atoms with Gasteiger partial charge in [-0.1, -0.05) is 37.3 Å². The molecule has 0 fully saturated rings. The number of hydrogen-bond acceptors (Lipinski definition) is 3. The van der Waals surface area contributed by atoms with Gasteiger partial charge in [-0.2, -0.15) is 11.3 Å². The molecule has 0 saturated heterocycles. The number of benzene rings is 2. The van der Waals surface area contributed by atoms with Gasteiger partial charge in [-0.15, -0.1) is 11.6 Å². The second kappa shape index (κ2) is 9.65. The smallest absolute Gasteiger partial charge is 0.131 e. The molecule has 1 aromatic heterocycles. The Labute approximate surface area is 164 Å². The van der Waals surface area contributed by atoms with E-state index in [9.17, 15) is 0 Å². The van der Waals surface area contributed by atoms with Crippen molar-refractivity contribution in [3.63, 3.8) is 0 Å². The van der Waals surface area contributed by atoms with Gasteiger partial charge in [-0.25, -0.2) is 0 Å². The highest BCUT2D eigenvalue weighted by Crippen LogP contribution is 2.38. The van der Waals surface area contributed by atoms with E-state index in [2.05, 4.69) is 41.9 Å². The highest BCUT2D eigenvalue weighted by atomic mass is 35.5. The molecule has 0 radical (unpaired) electrons. The minimum absolute atomic E-state index is 0.532. The van der Waals surface area contributed by atoms with Crippen LogP contribution in [-0.4, -0.2) is 12.5 Å². The van der Waals surface area contributed by atoms with Gasteiger partial charge < -0.3 is 9.47 Å². The molecule has 0 unspecified atom stereocenters. The Kier molecular flexibility index (Phi) is 6.98. The minimum atomic E-state index is 0.532. The fraction of sp³-hybridized carbons (Fsp3) is 0.273. The largest absolute Gasteiger partial charge is 0.493 e. The molecule has 2 nitrogen and oxygen atoms in total. The second-order valence-corrected chi connectivity index (χ2v) is 7.14. The third kappa shape index (κ3) is 4.80. The number of halogens is 1. The molecule has 0 aliphatic rings. The van der Waals surface area contributed by atoms with Crippen molar-refractivity contribution in [2.24, 2.45) is 0 Å². The highest BCUT2D eigenvalue weighted by molar-refractivity contribution is 7.08. The lowest BCUT2D eigenvalue weighted by Crippen LogP contribution is -2.03. The van der Waals surface area contributed by atoms with Crippen LogP contribution in [0.2, 0.25) is 0 Å². The molecule has 0 bridgehead atoms. The summed E-state index contributed by atoms with van der Waals surface area (Å²) in [7, 11) is 0. The summed E-state index contributed by atoms with van der Waals surface area (Å²) in [6, 6.07) is 16.6. The Morgan fingerprint density at radius 1 is 1.00 bits per heavy atom. The molecule has 3 aromatic rings. The monoisotopic (exact) mass is 386 g/mol. The molecule has 2 aromatic carbocycles. The van der Waals surface area contributed by atoms with Crippen molar-refractivity contribution in [3.8, 4) is 22.6 Å². The summed E-state index contributed by atoms with van der Waals surface area (Å²) in [5, 5.41) is 4.24. The lowest BCUT2D eigenvalue weighted by Gasteiger charge is -2.17. The Morgan fingerprint density at radius 2 is 1.85 bits per heavy atom. The van der Waals surface area contributed by atoms with E-state index < -0.39 is 0 Å². The molecule has 0 amide bonds.